The predicted molar refractivity (Wildman–Crippen MR) is 128 cm³/mol. The lowest BCUT2D eigenvalue weighted by Gasteiger charge is -2.10. The first-order chi connectivity index (χ1) is 16.5. The van der Waals surface area contributed by atoms with Gasteiger partial charge in [0.25, 0.3) is 11.5 Å². The minimum atomic E-state index is -0.731. The number of amides is 1. The number of carbonyl (C=O) groups is 2. The maximum Gasteiger partial charge on any atom is 0.326 e. The van der Waals surface area contributed by atoms with E-state index in [0.29, 0.717) is 21.7 Å². The molecule has 0 aliphatic rings. The van der Waals surface area contributed by atoms with Gasteiger partial charge in [0.1, 0.15) is 22.7 Å². The summed E-state index contributed by atoms with van der Waals surface area (Å²) in [5.74, 6) is -0.0370. The summed E-state index contributed by atoms with van der Waals surface area (Å²) in [6, 6.07) is 16.2. The molecule has 174 valence electrons. The molecule has 0 bridgehead atoms. The number of esters is 1. The Morgan fingerprint density at radius 2 is 1.82 bits per heavy atom. The van der Waals surface area contributed by atoms with E-state index in [1.54, 1.807) is 31.4 Å². The molecule has 2 heterocycles. The average molecular weight is 480 g/mol. The van der Waals surface area contributed by atoms with Crippen LogP contribution in [-0.4, -0.2) is 42.3 Å². The van der Waals surface area contributed by atoms with E-state index in [-0.39, 0.29) is 12.1 Å². The molecule has 0 unspecified atom stereocenters. The molecule has 10 heteroatoms. The van der Waals surface area contributed by atoms with Crippen molar-refractivity contribution in [2.75, 3.05) is 26.1 Å². The number of fused-ring (bicyclic) bond motifs is 1. The van der Waals surface area contributed by atoms with Crippen LogP contribution in [0.3, 0.4) is 0 Å². The van der Waals surface area contributed by atoms with Crippen LogP contribution >= 0.6 is 11.3 Å². The van der Waals surface area contributed by atoms with E-state index in [1.165, 1.54) is 24.8 Å². The molecule has 4 aromatic rings. The summed E-state index contributed by atoms with van der Waals surface area (Å²) in [6.07, 6.45) is 1.30. The molecule has 9 nitrogen and oxygen atoms in total. The molecule has 0 spiro atoms. The van der Waals surface area contributed by atoms with Crippen molar-refractivity contribution in [3.05, 3.63) is 71.3 Å². The normalized spacial score (nSPS) is 10.6. The first-order valence-electron chi connectivity index (χ1n) is 10.2. The van der Waals surface area contributed by atoms with Crippen LogP contribution in [0.15, 0.2) is 65.7 Å². The van der Waals surface area contributed by atoms with Crippen molar-refractivity contribution in [3.63, 3.8) is 0 Å². The Hall–Kier alpha value is -4.18. The first-order valence-corrected chi connectivity index (χ1v) is 11.0. The number of thiophene rings is 1. The quantitative estimate of drug-likeness (QED) is 0.386. The molecule has 0 atom stereocenters. The highest BCUT2D eigenvalue weighted by atomic mass is 32.1. The van der Waals surface area contributed by atoms with Crippen LogP contribution in [0.25, 0.3) is 20.7 Å². The SMILES string of the molecule is COc1ccc(-c2cc3ncn(CC(=O)OCC(=O)Nc4ccccc4OC)c(=O)c3s2)cc1. The number of anilines is 1. The molecule has 1 amide bonds. The Kier molecular flexibility index (Phi) is 6.88. The fraction of sp³-hybridized carbons (Fsp3) is 0.167. The molecule has 1 N–H and O–H groups in total. The van der Waals surface area contributed by atoms with Gasteiger partial charge in [-0.05, 0) is 48.0 Å². The van der Waals surface area contributed by atoms with Crippen molar-refractivity contribution in [1.82, 2.24) is 9.55 Å². The average Bonchev–Trinajstić information content (AvgIpc) is 3.30. The van der Waals surface area contributed by atoms with Gasteiger partial charge >= 0.3 is 5.97 Å². The first kappa shape index (κ1) is 23.0. The number of carbonyl (C=O) groups excluding carboxylic acids is 2. The fourth-order valence-corrected chi connectivity index (χ4v) is 4.29. The van der Waals surface area contributed by atoms with Crippen LogP contribution < -0.4 is 20.3 Å². The van der Waals surface area contributed by atoms with Crippen molar-refractivity contribution in [2.24, 2.45) is 0 Å². The van der Waals surface area contributed by atoms with Crippen molar-refractivity contribution in [1.29, 1.82) is 0 Å². The van der Waals surface area contributed by atoms with Gasteiger partial charge in [-0.1, -0.05) is 12.1 Å². The van der Waals surface area contributed by atoms with Gasteiger partial charge in [0.05, 0.1) is 31.8 Å². The third kappa shape index (κ3) is 5.07. The summed E-state index contributed by atoms with van der Waals surface area (Å²) in [5, 5.41) is 2.61. The van der Waals surface area contributed by atoms with E-state index < -0.39 is 18.5 Å². The summed E-state index contributed by atoms with van der Waals surface area (Å²) in [4.78, 5) is 42.4. The highest BCUT2D eigenvalue weighted by Crippen LogP contribution is 2.31. The van der Waals surface area contributed by atoms with Gasteiger partial charge in [-0.15, -0.1) is 11.3 Å². The lowest BCUT2D eigenvalue weighted by atomic mass is 10.2. The Morgan fingerprint density at radius 1 is 1.06 bits per heavy atom. The van der Waals surface area contributed by atoms with E-state index in [1.807, 2.05) is 30.3 Å². The number of hydrogen-bond acceptors (Lipinski definition) is 8. The van der Waals surface area contributed by atoms with Crippen LogP contribution in [0, 0.1) is 0 Å². The fourth-order valence-electron chi connectivity index (χ4n) is 3.22. The maximum absolute atomic E-state index is 12.9. The molecular weight excluding hydrogens is 458 g/mol. The van der Waals surface area contributed by atoms with Crippen molar-refractivity contribution >= 4 is 39.1 Å². The predicted octanol–water partition coefficient (Wildman–Crippen LogP) is 3.32. The van der Waals surface area contributed by atoms with Crippen LogP contribution in [0.1, 0.15) is 0 Å². The van der Waals surface area contributed by atoms with Gasteiger partial charge in [-0.25, -0.2) is 4.98 Å². The van der Waals surface area contributed by atoms with E-state index in [2.05, 4.69) is 10.3 Å². The van der Waals surface area contributed by atoms with E-state index >= 15 is 0 Å². The molecule has 0 aliphatic heterocycles. The van der Waals surface area contributed by atoms with Gasteiger partial charge in [0.15, 0.2) is 6.61 Å². The molecule has 0 fully saturated rings. The minimum absolute atomic E-state index is 0.356. The second-order valence-electron chi connectivity index (χ2n) is 7.14. The standard InChI is InChI=1S/C24H21N3O6S/c1-31-16-9-7-15(8-10-16)20-11-18-23(34-20)24(30)27(14-25-18)12-22(29)33-13-21(28)26-17-5-3-4-6-19(17)32-2/h3-11,14H,12-13H2,1-2H3,(H,26,28). The van der Waals surface area contributed by atoms with Gasteiger partial charge in [0.2, 0.25) is 0 Å². The van der Waals surface area contributed by atoms with Crippen molar-refractivity contribution in [3.8, 4) is 21.9 Å². The van der Waals surface area contributed by atoms with Crippen molar-refractivity contribution < 1.29 is 23.8 Å². The third-order valence-corrected chi connectivity index (χ3v) is 6.08. The molecule has 0 saturated carbocycles. The lowest BCUT2D eigenvalue weighted by molar-refractivity contribution is -0.147. The highest BCUT2D eigenvalue weighted by molar-refractivity contribution is 7.22. The number of para-hydroxylation sites is 2. The zero-order valence-corrected chi connectivity index (χ0v) is 19.3. The van der Waals surface area contributed by atoms with Gasteiger partial charge in [-0.3, -0.25) is 19.0 Å². The molecular formula is C24H21N3O6S. The number of rotatable bonds is 8. The number of ether oxygens (including phenoxy) is 3. The second kappa shape index (κ2) is 10.2. The Labute approximate surface area is 198 Å². The zero-order valence-electron chi connectivity index (χ0n) is 18.4. The Bertz CT molecular complexity index is 1390. The Morgan fingerprint density at radius 3 is 2.56 bits per heavy atom. The number of nitrogens with zero attached hydrogens (tertiary/aromatic N) is 2. The lowest BCUT2D eigenvalue weighted by Crippen LogP contribution is -2.27. The molecule has 0 aliphatic carbocycles. The van der Waals surface area contributed by atoms with E-state index in [4.69, 9.17) is 14.2 Å². The molecule has 2 aromatic heterocycles. The summed E-state index contributed by atoms with van der Waals surface area (Å²) < 4.78 is 17.0. The maximum atomic E-state index is 12.9. The number of methoxy groups -OCH3 is 2. The van der Waals surface area contributed by atoms with E-state index in [0.717, 1.165) is 20.8 Å². The second-order valence-corrected chi connectivity index (χ2v) is 8.19. The largest absolute Gasteiger partial charge is 0.497 e. The van der Waals surface area contributed by atoms with Crippen molar-refractivity contribution in [2.45, 2.75) is 6.54 Å². The molecule has 2 aromatic carbocycles. The summed E-state index contributed by atoms with van der Waals surface area (Å²) in [7, 11) is 3.08. The number of aromatic nitrogens is 2. The monoisotopic (exact) mass is 479 g/mol. The molecule has 0 radical (unpaired) electrons. The topological polar surface area (TPSA) is 109 Å². The molecule has 0 saturated heterocycles. The minimum Gasteiger partial charge on any atom is -0.497 e. The third-order valence-electron chi connectivity index (χ3n) is 4.92. The number of hydrogen-bond donors (Lipinski definition) is 1. The van der Waals surface area contributed by atoms with Gasteiger partial charge in [0, 0.05) is 4.88 Å². The summed E-state index contributed by atoms with van der Waals surface area (Å²) in [5.41, 5.74) is 1.57. The zero-order chi connectivity index (χ0) is 24.1. The number of nitrogens with one attached hydrogen (secondary N) is 1. The Balaban J connectivity index is 1.41. The summed E-state index contributed by atoms with van der Waals surface area (Å²) >= 11 is 1.29. The van der Waals surface area contributed by atoms with Gasteiger partial charge < -0.3 is 19.5 Å². The summed E-state index contributed by atoms with van der Waals surface area (Å²) in [6.45, 7) is -0.860. The molecule has 34 heavy (non-hydrogen) atoms. The highest BCUT2D eigenvalue weighted by Gasteiger charge is 2.15. The van der Waals surface area contributed by atoms with Crippen LogP contribution in [0.5, 0.6) is 11.5 Å². The van der Waals surface area contributed by atoms with Crippen LogP contribution in [0.4, 0.5) is 5.69 Å². The van der Waals surface area contributed by atoms with Crippen LogP contribution in [0.2, 0.25) is 0 Å². The molecule has 4 rings (SSSR count). The number of benzene rings is 2. The van der Waals surface area contributed by atoms with Gasteiger partial charge in [-0.2, -0.15) is 0 Å². The van der Waals surface area contributed by atoms with Crippen LogP contribution in [-0.2, 0) is 20.9 Å². The smallest absolute Gasteiger partial charge is 0.326 e. The van der Waals surface area contributed by atoms with E-state index in [9.17, 15) is 14.4 Å².